The Morgan fingerprint density at radius 2 is 0.922 bits per heavy atom. The number of halogens is 1. The van der Waals surface area contributed by atoms with Gasteiger partial charge in [-0.15, -0.1) is 0 Å². The van der Waals surface area contributed by atoms with Crippen molar-refractivity contribution in [1.82, 2.24) is 31.9 Å². The third-order valence-corrected chi connectivity index (χ3v) is 14.5. The van der Waals surface area contributed by atoms with Crippen LogP contribution in [0.25, 0.3) is 0 Å². The molecule has 0 unspecified atom stereocenters. The average Bonchev–Trinajstić information content (AvgIpc) is 3.55. The summed E-state index contributed by atoms with van der Waals surface area (Å²) in [6.45, 7) is 19.3. The number of nitrogens with one attached hydrogen (secondary N) is 6. The third kappa shape index (κ3) is 21.2. The number of aromatic hydroxyl groups is 2. The molecule has 0 aromatic heterocycles. The molecule has 77 heavy (non-hydrogen) atoms. The summed E-state index contributed by atoms with van der Waals surface area (Å²) in [4.78, 5) is 97.9. The van der Waals surface area contributed by atoms with Crippen LogP contribution in [0.5, 0.6) is 11.5 Å². The fourth-order valence-electron chi connectivity index (χ4n) is 8.65. The van der Waals surface area contributed by atoms with Crippen molar-refractivity contribution in [3.63, 3.8) is 0 Å². The summed E-state index contributed by atoms with van der Waals surface area (Å²) < 4.78 is 13.1. The van der Waals surface area contributed by atoms with Gasteiger partial charge in [-0.2, -0.15) is 0 Å². The number of hydrogen-bond donors (Lipinski definition) is 12. The minimum atomic E-state index is -1.39. The van der Waals surface area contributed by atoms with Crippen LogP contribution in [0.2, 0.25) is 0 Å². The molecule has 1 saturated heterocycles. The van der Waals surface area contributed by atoms with E-state index in [-0.39, 0.29) is 79.7 Å². The van der Waals surface area contributed by atoms with E-state index in [0.717, 1.165) is 0 Å². The zero-order chi connectivity index (χ0) is 57.9. The smallest absolute Gasteiger partial charge is 0.498 e. The minimum Gasteiger partial charge on any atom is -0.508 e. The van der Waals surface area contributed by atoms with Crippen LogP contribution in [0.3, 0.4) is 0 Å². The predicted octanol–water partition coefficient (Wildman–Crippen LogP) is 1.90. The van der Waals surface area contributed by atoms with Crippen molar-refractivity contribution >= 4 is 76.5 Å². The second-order valence-electron chi connectivity index (χ2n) is 22.5. The molecule has 1 aliphatic heterocycles. The molecule has 1 heterocycles. The number of primary amides is 1. The molecular weight excluding hydrogens is 1100 g/mol. The number of nitrogens with two attached hydrogens (primary N) is 4. The Hall–Kier alpha value is -5.08. The van der Waals surface area contributed by atoms with E-state index in [4.69, 9.17) is 32.2 Å². The summed E-state index contributed by atoms with van der Waals surface area (Å²) in [7, 11) is -0.982. The molecular formula is C54H88BIN10O11. The number of hydrogen-bond acceptors (Lipinski definition) is 14. The van der Waals surface area contributed by atoms with E-state index >= 15 is 0 Å². The van der Waals surface area contributed by atoms with Crippen molar-refractivity contribution in [1.29, 1.82) is 0 Å². The molecule has 430 valence electrons. The van der Waals surface area contributed by atoms with Gasteiger partial charge in [0.15, 0.2) is 0 Å². The second-order valence-corrected chi connectivity index (χ2v) is 23.7. The largest absolute Gasteiger partial charge is 0.508 e. The molecule has 0 radical (unpaired) electrons. The van der Waals surface area contributed by atoms with Crippen molar-refractivity contribution in [3.8, 4) is 11.5 Å². The first-order chi connectivity index (χ1) is 36.0. The normalized spacial score (nSPS) is 16.7. The van der Waals surface area contributed by atoms with Crippen LogP contribution in [0, 0.1) is 21.3 Å². The van der Waals surface area contributed by atoms with Crippen molar-refractivity contribution in [2.24, 2.45) is 40.7 Å². The number of carbonyl (C=O) groups is 7. The van der Waals surface area contributed by atoms with Gasteiger partial charge in [0.1, 0.15) is 47.8 Å². The summed E-state index contributed by atoms with van der Waals surface area (Å²) in [6, 6.07) is 1.31. The summed E-state index contributed by atoms with van der Waals surface area (Å²) in [5.41, 5.74) is 23.6. The summed E-state index contributed by atoms with van der Waals surface area (Å²) in [5, 5.41) is 37.8. The molecule has 21 nitrogen and oxygen atoms in total. The Kier molecular flexibility index (Phi) is 26.6. The standard InChI is InChI=1S/C54H88BIN10O11/c1-30(2)23-40(46(60)69)63-50(73)41(24-31(3)4)65-52(75)43(29-33-17-19-44(67)35(26-33)55-76-53(7,8)54(9,10)77-55)66-51(74)42(25-32(5)6)64-49(72)39(16-12-14-22-58)62-48(71)38(15-11-13-21-57)61-47(70)37(59)28-34-18-20-45(68)36(56)27-34/h17-20,26-27,30-32,37-43,67-68H,11-16,21-25,28-29,57-59H2,1-10H3,(H2,60,69)(H,61,70)(H,62,71)(H,63,73)(H,64,72)(H,65,75)(H,66,74)/t37-,38-,39-,40-,41-,42-,43-/m0/s1. The van der Waals surface area contributed by atoms with Gasteiger partial charge in [0.2, 0.25) is 41.4 Å². The van der Waals surface area contributed by atoms with E-state index in [0.29, 0.717) is 53.5 Å². The van der Waals surface area contributed by atoms with E-state index in [1.54, 1.807) is 24.3 Å². The molecule has 1 fully saturated rings. The van der Waals surface area contributed by atoms with Crippen LogP contribution in [-0.2, 0) is 55.7 Å². The van der Waals surface area contributed by atoms with Gasteiger partial charge >= 0.3 is 7.12 Å². The van der Waals surface area contributed by atoms with E-state index in [1.165, 1.54) is 12.1 Å². The fourth-order valence-corrected chi connectivity index (χ4v) is 9.23. The van der Waals surface area contributed by atoms with E-state index in [1.807, 2.05) is 91.8 Å². The highest BCUT2D eigenvalue weighted by molar-refractivity contribution is 14.1. The number of carbonyl (C=O) groups excluding carboxylic acids is 7. The molecule has 7 atom stereocenters. The first-order valence-corrected chi connectivity index (χ1v) is 28.0. The number of phenolic OH excluding ortho intramolecular Hbond substituents is 2. The fraction of sp³-hybridized carbons (Fsp3) is 0.648. The highest BCUT2D eigenvalue weighted by atomic mass is 127. The molecule has 2 aromatic rings. The molecule has 0 bridgehead atoms. The summed E-state index contributed by atoms with van der Waals surface area (Å²) >= 11 is 1.97. The predicted molar refractivity (Wildman–Crippen MR) is 305 cm³/mol. The van der Waals surface area contributed by atoms with Gasteiger partial charge in [-0.05, 0) is 175 Å². The van der Waals surface area contributed by atoms with Crippen LogP contribution < -0.4 is 60.3 Å². The van der Waals surface area contributed by atoms with Crippen LogP contribution in [0.1, 0.15) is 138 Å². The Morgan fingerprint density at radius 1 is 0.545 bits per heavy atom. The zero-order valence-corrected chi connectivity index (χ0v) is 48.9. The Balaban J connectivity index is 2.01. The lowest BCUT2D eigenvalue weighted by molar-refractivity contribution is -0.136. The molecule has 7 amide bonds. The third-order valence-electron chi connectivity index (χ3n) is 13.7. The van der Waals surface area contributed by atoms with E-state index < -0.39 is 102 Å². The van der Waals surface area contributed by atoms with Gasteiger partial charge in [0, 0.05) is 11.9 Å². The number of rotatable bonds is 32. The Labute approximate surface area is 469 Å². The number of unbranched alkanes of at least 4 members (excludes halogenated alkanes) is 2. The first-order valence-electron chi connectivity index (χ1n) is 26.9. The maximum absolute atomic E-state index is 14.7. The van der Waals surface area contributed by atoms with Crippen LogP contribution in [0.15, 0.2) is 36.4 Å². The number of amides is 7. The molecule has 0 saturated carbocycles. The zero-order valence-electron chi connectivity index (χ0n) is 46.8. The molecule has 0 spiro atoms. The SMILES string of the molecule is CC(C)C[C@H](NC(=O)[C@H](CC(C)C)NC(=O)[C@H](Cc1ccc(O)c(B2OC(C)(C)C(C)(C)O2)c1)NC(=O)[C@H](CC(C)C)NC(=O)[C@H](CCCCN)NC(=O)[C@H](CCCCN)NC(=O)[C@@H](N)Cc1ccc(O)c(I)c1)C(N)=O. The highest BCUT2D eigenvalue weighted by Gasteiger charge is 2.52. The van der Waals surface area contributed by atoms with Crippen molar-refractivity contribution < 1.29 is 53.1 Å². The summed E-state index contributed by atoms with van der Waals surface area (Å²) in [5.74, 6) is -5.17. The van der Waals surface area contributed by atoms with Gasteiger partial charge in [-0.3, -0.25) is 33.6 Å². The molecule has 0 aliphatic carbocycles. The summed E-state index contributed by atoms with van der Waals surface area (Å²) in [6.07, 6.45) is 2.71. The van der Waals surface area contributed by atoms with Gasteiger partial charge in [-0.1, -0.05) is 59.7 Å². The maximum atomic E-state index is 14.7. The van der Waals surface area contributed by atoms with Crippen LogP contribution >= 0.6 is 22.6 Å². The highest BCUT2D eigenvalue weighted by Crippen LogP contribution is 2.37. The topological polar surface area (TPSA) is 355 Å². The molecule has 16 N–H and O–H groups in total. The van der Waals surface area contributed by atoms with Gasteiger partial charge in [-0.25, -0.2) is 0 Å². The monoisotopic (exact) mass is 1190 g/mol. The quantitative estimate of drug-likeness (QED) is 0.0283. The van der Waals surface area contributed by atoms with Crippen molar-refractivity contribution in [3.05, 3.63) is 51.1 Å². The lowest BCUT2D eigenvalue weighted by atomic mass is 9.77. The lowest BCUT2D eigenvalue weighted by Crippen LogP contribution is -2.60. The first kappa shape index (κ1) is 66.2. The van der Waals surface area contributed by atoms with Crippen LogP contribution in [0.4, 0.5) is 0 Å². The maximum Gasteiger partial charge on any atom is 0.498 e. The van der Waals surface area contributed by atoms with Gasteiger partial charge < -0.3 is 74.4 Å². The van der Waals surface area contributed by atoms with Crippen molar-refractivity contribution in [2.75, 3.05) is 13.1 Å². The molecule has 1 aliphatic rings. The number of benzene rings is 2. The second kappa shape index (κ2) is 30.9. The molecule has 23 heteroatoms. The minimum absolute atomic E-state index is 0.00324. The Morgan fingerprint density at radius 3 is 1.36 bits per heavy atom. The Bertz CT molecular complexity index is 2310. The van der Waals surface area contributed by atoms with Crippen molar-refractivity contribution in [2.45, 2.75) is 193 Å². The average molecular weight is 1190 g/mol. The van der Waals surface area contributed by atoms with E-state index in [2.05, 4.69) is 31.9 Å². The van der Waals surface area contributed by atoms with E-state index in [9.17, 15) is 43.8 Å². The molecule has 2 aromatic carbocycles. The lowest BCUT2D eigenvalue weighted by Gasteiger charge is -2.32. The van der Waals surface area contributed by atoms with Crippen LogP contribution in [-0.4, -0.2) is 125 Å². The number of phenols is 2. The molecule has 3 rings (SSSR count). The van der Waals surface area contributed by atoms with Gasteiger partial charge in [0.25, 0.3) is 0 Å². The van der Waals surface area contributed by atoms with Gasteiger partial charge in [0.05, 0.1) is 20.8 Å².